The van der Waals surface area contributed by atoms with Gasteiger partial charge < -0.3 is 4.74 Å². The standard InChI is InChI=1S/C5H10O2.CH4/c1-3-5(6)7-4-2;/h3-4H2,1-2H3;1H4. The van der Waals surface area contributed by atoms with Gasteiger partial charge >= 0.3 is 5.97 Å². The molecule has 0 unspecified atom stereocenters. The van der Waals surface area contributed by atoms with Gasteiger partial charge in [-0.1, -0.05) is 14.4 Å². The van der Waals surface area contributed by atoms with Crippen LogP contribution in [0, 0.1) is 0 Å². The topological polar surface area (TPSA) is 26.3 Å². The maximum absolute atomic E-state index is 10.2. The summed E-state index contributed by atoms with van der Waals surface area (Å²) in [6, 6.07) is 0. The van der Waals surface area contributed by atoms with Crippen molar-refractivity contribution in [2.24, 2.45) is 0 Å². The summed E-state index contributed by atoms with van der Waals surface area (Å²) >= 11 is 0. The Labute approximate surface area is 50.8 Å². The summed E-state index contributed by atoms with van der Waals surface area (Å²) in [5.74, 6) is -0.123. The number of hydrogen-bond donors (Lipinski definition) is 0. The molecule has 0 saturated carbocycles. The van der Waals surface area contributed by atoms with Crippen LogP contribution in [0.2, 0.25) is 0 Å². The molecule has 0 heterocycles. The summed E-state index contributed by atoms with van der Waals surface area (Å²) in [5.41, 5.74) is 0. The zero-order valence-corrected chi connectivity index (χ0v) is 4.73. The van der Waals surface area contributed by atoms with E-state index in [1.54, 1.807) is 13.8 Å². The summed E-state index contributed by atoms with van der Waals surface area (Å²) in [4.78, 5) is 10.2. The van der Waals surface area contributed by atoms with Gasteiger partial charge in [0.2, 0.25) is 0 Å². The van der Waals surface area contributed by atoms with Gasteiger partial charge in [-0.15, -0.1) is 0 Å². The molecule has 0 radical (unpaired) electrons. The van der Waals surface area contributed by atoms with Gasteiger partial charge in [-0.25, -0.2) is 0 Å². The maximum atomic E-state index is 10.2. The first-order chi connectivity index (χ1) is 3.31. The predicted octanol–water partition coefficient (Wildman–Crippen LogP) is 1.60. The Morgan fingerprint density at radius 2 is 2.00 bits per heavy atom. The van der Waals surface area contributed by atoms with Crippen LogP contribution in [0.25, 0.3) is 0 Å². The van der Waals surface area contributed by atoms with Gasteiger partial charge in [0.1, 0.15) is 0 Å². The summed E-state index contributed by atoms with van der Waals surface area (Å²) in [6.07, 6.45) is 0.480. The van der Waals surface area contributed by atoms with Crippen LogP contribution in [0.3, 0.4) is 0 Å². The Morgan fingerprint density at radius 3 is 2.12 bits per heavy atom. The Balaban J connectivity index is 0. The fraction of sp³-hybridized carbons (Fsp3) is 0.833. The lowest BCUT2D eigenvalue weighted by Gasteiger charge is -1.93. The third kappa shape index (κ3) is 5.47. The second kappa shape index (κ2) is 6.47. The molecular weight excluding hydrogens is 104 g/mol. The number of hydrogen-bond acceptors (Lipinski definition) is 2. The van der Waals surface area contributed by atoms with Gasteiger partial charge in [-0.05, 0) is 6.92 Å². The Kier molecular flexibility index (Phi) is 8.45. The molecule has 0 rings (SSSR count). The van der Waals surface area contributed by atoms with Crippen LogP contribution in [-0.2, 0) is 9.53 Å². The van der Waals surface area contributed by atoms with E-state index in [0.29, 0.717) is 13.0 Å². The Bertz CT molecular complexity index is 59.5. The number of carbonyl (C=O) groups excluding carboxylic acids is 1. The number of ether oxygens (including phenoxy) is 1. The van der Waals surface area contributed by atoms with E-state index in [9.17, 15) is 4.79 Å². The molecule has 50 valence electrons. The molecule has 2 heteroatoms. The molecule has 0 aliphatic rings. The number of esters is 1. The molecule has 0 aliphatic heterocycles. The van der Waals surface area contributed by atoms with E-state index in [4.69, 9.17) is 0 Å². The van der Waals surface area contributed by atoms with Crippen molar-refractivity contribution < 1.29 is 9.53 Å². The summed E-state index contributed by atoms with van der Waals surface area (Å²) in [5, 5.41) is 0. The van der Waals surface area contributed by atoms with Crippen LogP contribution < -0.4 is 0 Å². The van der Waals surface area contributed by atoms with Gasteiger partial charge in [0.25, 0.3) is 0 Å². The highest BCUT2D eigenvalue weighted by molar-refractivity contribution is 5.68. The molecule has 0 amide bonds. The maximum Gasteiger partial charge on any atom is 0.305 e. The highest BCUT2D eigenvalue weighted by Gasteiger charge is 1.91. The second-order valence-corrected chi connectivity index (χ2v) is 1.16. The Morgan fingerprint density at radius 1 is 1.50 bits per heavy atom. The zero-order chi connectivity index (χ0) is 5.70. The van der Waals surface area contributed by atoms with Crippen molar-refractivity contribution >= 4 is 5.97 Å². The molecule has 8 heavy (non-hydrogen) atoms. The first-order valence-corrected chi connectivity index (χ1v) is 2.46. The van der Waals surface area contributed by atoms with Gasteiger partial charge in [0.15, 0.2) is 0 Å². The zero-order valence-electron chi connectivity index (χ0n) is 4.73. The third-order valence-corrected chi connectivity index (χ3v) is 0.594. The predicted molar refractivity (Wildman–Crippen MR) is 33.7 cm³/mol. The van der Waals surface area contributed by atoms with Gasteiger partial charge in [0.05, 0.1) is 6.61 Å². The van der Waals surface area contributed by atoms with Crippen molar-refractivity contribution in [3.05, 3.63) is 0 Å². The van der Waals surface area contributed by atoms with E-state index in [0.717, 1.165) is 0 Å². The van der Waals surface area contributed by atoms with Crippen molar-refractivity contribution in [2.45, 2.75) is 27.7 Å². The van der Waals surface area contributed by atoms with Crippen LogP contribution in [0.15, 0.2) is 0 Å². The quantitative estimate of drug-likeness (QED) is 0.515. The molecule has 0 spiro atoms. The average molecular weight is 118 g/mol. The molecule has 0 N–H and O–H groups in total. The van der Waals surface area contributed by atoms with Crippen molar-refractivity contribution in [1.82, 2.24) is 0 Å². The first kappa shape index (κ1) is 10.5. The van der Waals surface area contributed by atoms with Crippen LogP contribution >= 0.6 is 0 Å². The van der Waals surface area contributed by atoms with Gasteiger partial charge in [-0.2, -0.15) is 0 Å². The highest BCUT2D eigenvalue weighted by Crippen LogP contribution is 1.80. The van der Waals surface area contributed by atoms with E-state index in [1.165, 1.54) is 0 Å². The fourth-order valence-corrected chi connectivity index (χ4v) is 0.263. The van der Waals surface area contributed by atoms with Crippen LogP contribution in [0.5, 0.6) is 0 Å². The first-order valence-electron chi connectivity index (χ1n) is 2.46. The van der Waals surface area contributed by atoms with Gasteiger partial charge in [-0.3, -0.25) is 4.79 Å². The molecule has 0 aromatic rings. The molecule has 0 atom stereocenters. The molecule has 0 bridgehead atoms. The summed E-state index contributed by atoms with van der Waals surface area (Å²) < 4.78 is 4.55. The number of carbonyl (C=O) groups is 1. The normalized spacial score (nSPS) is 7.25. The van der Waals surface area contributed by atoms with Crippen LogP contribution in [0.1, 0.15) is 27.7 Å². The summed E-state index contributed by atoms with van der Waals surface area (Å²) in [6.45, 7) is 4.07. The van der Waals surface area contributed by atoms with E-state index < -0.39 is 0 Å². The van der Waals surface area contributed by atoms with E-state index >= 15 is 0 Å². The van der Waals surface area contributed by atoms with E-state index in [-0.39, 0.29) is 13.4 Å². The number of rotatable bonds is 2. The molecule has 0 aromatic heterocycles. The molecule has 0 aromatic carbocycles. The molecule has 0 saturated heterocycles. The van der Waals surface area contributed by atoms with Crippen molar-refractivity contribution in [1.29, 1.82) is 0 Å². The lowest BCUT2D eigenvalue weighted by Crippen LogP contribution is -2.00. The SMILES string of the molecule is C.CCOC(=O)CC. The lowest BCUT2D eigenvalue weighted by molar-refractivity contribution is -0.142. The second-order valence-electron chi connectivity index (χ2n) is 1.16. The van der Waals surface area contributed by atoms with Crippen LogP contribution in [-0.4, -0.2) is 12.6 Å². The van der Waals surface area contributed by atoms with Crippen molar-refractivity contribution in [3.8, 4) is 0 Å². The monoisotopic (exact) mass is 118 g/mol. The molecule has 0 aliphatic carbocycles. The van der Waals surface area contributed by atoms with Gasteiger partial charge in [0, 0.05) is 6.42 Å². The lowest BCUT2D eigenvalue weighted by atomic mass is 10.5. The minimum absolute atomic E-state index is 0. The van der Waals surface area contributed by atoms with Crippen molar-refractivity contribution in [3.63, 3.8) is 0 Å². The third-order valence-electron chi connectivity index (χ3n) is 0.594. The van der Waals surface area contributed by atoms with E-state index in [1.807, 2.05) is 0 Å². The van der Waals surface area contributed by atoms with Crippen LogP contribution in [0.4, 0.5) is 0 Å². The average Bonchev–Trinajstić information content (AvgIpc) is 1.68. The van der Waals surface area contributed by atoms with E-state index in [2.05, 4.69) is 4.74 Å². The largest absolute Gasteiger partial charge is 0.466 e. The highest BCUT2D eigenvalue weighted by atomic mass is 16.5. The Hall–Kier alpha value is -0.530. The minimum atomic E-state index is -0.123. The molecule has 0 fully saturated rings. The molecule has 2 nitrogen and oxygen atoms in total. The smallest absolute Gasteiger partial charge is 0.305 e. The summed E-state index contributed by atoms with van der Waals surface area (Å²) in [7, 11) is 0. The minimum Gasteiger partial charge on any atom is -0.466 e. The van der Waals surface area contributed by atoms with Crippen molar-refractivity contribution in [2.75, 3.05) is 6.61 Å². The fourth-order valence-electron chi connectivity index (χ4n) is 0.263. The molecular formula is C6H14O2.